The number of anilines is 1. The molecule has 3 aromatic carbocycles. The number of hydrogen-bond acceptors (Lipinski definition) is 4. The van der Waals surface area contributed by atoms with Gasteiger partial charge in [0.15, 0.2) is 0 Å². The second kappa shape index (κ2) is 8.26. The fourth-order valence-corrected chi connectivity index (χ4v) is 3.83. The standard InChI is InChI=1S/C25H19F2NO4/c1-14-5-3-6-15(11-14)22-21(23(29)16-7-4-8-18(12-16)32-2)24(30)25(31)28(22)20-13-17(26)9-10-19(20)27/h3-13,22,29H,1-2H3/b23-21+. The molecule has 0 spiro atoms. The van der Waals surface area contributed by atoms with E-state index in [1.165, 1.54) is 13.2 Å². The molecular formula is C25H19F2NO4. The summed E-state index contributed by atoms with van der Waals surface area (Å²) in [4.78, 5) is 27.0. The van der Waals surface area contributed by atoms with E-state index in [1.807, 2.05) is 13.0 Å². The minimum atomic E-state index is -1.16. The van der Waals surface area contributed by atoms with Crippen LogP contribution in [0, 0.1) is 18.6 Å². The topological polar surface area (TPSA) is 66.8 Å². The Morgan fingerprint density at radius 3 is 2.47 bits per heavy atom. The minimum Gasteiger partial charge on any atom is -0.507 e. The molecule has 1 aliphatic heterocycles. The van der Waals surface area contributed by atoms with Gasteiger partial charge in [-0.05, 0) is 36.8 Å². The van der Waals surface area contributed by atoms with E-state index in [0.29, 0.717) is 11.3 Å². The van der Waals surface area contributed by atoms with Crippen LogP contribution in [-0.4, -0.2) is 23.9 Å². The van der Waals surface area contributed by atoms with Crippen LogP contribution in [0.2, 0.25) is 0 Å². The Balaban J connectivity index is 1.99. The summed E-state index contributed by atoms with van der Waals surface area (Å²) in [6.45, 7) is 1.82. The van der Waals surface area contributed by atoms with Crippen molar-refractivity contribution in [2.45, 2.75) is 13.0 Å². The predicted octanol–water partition coefficient (Wildman–Crippen LogP) is 4.91. The Bertz CT molecular complexity index is 1270. The first-order valence-corrected chi connectivity index (χ1v) is 9.79. The summed E-state index contributed by atoms with van der Waals surface area (Å²) in [5.74, 6) is -3.70. The molecule has 1 unspecified atom stereocenters. The number of hydrogen-bond donors (Lipinski definition) is 1. The summed E-state index contributed by atoms with van der Waals surface area (Å²) in [6, 6.07) is 14.8. The van der Waals surface area contributed by atoms with E-state index in [-0.39, 0.29) is 16.8 Å². The minimum absolute atomic E-state index is 0.225. The molecule has 1 atom stereocenters. The van der Waals surface area contributed by atoms with E-state index in [9.17, 15) is 23.5 Å². The summed E-state index contributed by atoms with van der Waals surface area (Å²) in [7, 11) is 1.46. The van der Waals surface area contributed by atoms with Gasteiger partial charge in [0.2, 0.25) is 0 Å². The normalized spacial score (nSPS) is 17.6. The maximum atomic E-state index is 14.7. The molecule has 0 aliphatic carbocycles. The number of carbonyl (C=O) groups is 2. The quantitative estimate of drug-likeness (QED) is 0.359. The van der Waals surface area contributed by atoms with Gasteiger partial charge in [-0.15, -0.1) is 0 Å². The van der Waals surface area contributed by atoms with Crippen LogP contribution >= 0.6 is 0 Å². The Hall–Kier alpha value is -4.00. The molecule has 1 heterocycles. The van der Waals surface area contributed by atoms with Crippen molar-refractivity contribution in [3.63, 3.8) is 0 Å². The molecule has 1 amide bonds. The Morgan fingerprint density at radius 1 is 1.00 bits per heavy atom. The molecule has 0 aromatic heterocycles. The highest BCUT2D eigenvalue weighted by Gasteiger charge is 2.47. The molecule has 32 heavy (non-hydrogen) atoms. The first-order chi connectivity index (χ1) is 15.3. The number of ketones is 1. The number of aliphatic hydroxyl groups excluding tert-OH is 1. The molecule has 1 aliphatic rings. The van der Waals surface area contributed by atoms with Crippen molar-refractivity contribution in [1.82, 2.24) is 0 Å². The zero-order chi connectivity index (χ0) is 23.0. The Kier molecular flexibility index (Phi) is 5.48. The third-order valence-electron chi connectivity index (χ3n) is 5.31. The SMILES string of the molecule is COc1cccc(/C(O)=C2\C(=O)C(=O)N(c3cc(F)ccc3F)C2c2cccc(C)c2)c1. The van der Waals surface area contributed by atoms with Crippen molar-refractivity contribution in [1.29, 1.82) is 0 Å². The summed E-state index contributed by atoms with van der Waals surface area (Å²) in [6.07, 6.45) is 0. The van der Waals surface area contributed by atoms with Gasteiger partial charge in [-0.25, -0.2) is 8.78 Å². The van der Waals surface area contributed by atoms with Crippen molar-refractivity contribution >= 4 is 23.1 Å². The molecule has 0 bridgehead atoms. The summed E-state index contributed by atoms with van der Waals surface area (Å²) in [5.41, 5.74) is 0.937. The van der Waals surface area contributed by atoms with E-state index in [1.54, 1.807) is 36.4 Å². The summed E-state index contributed by atoms with van der Waals surface area (Å²) < 4.78 is 33.8. The van der Waals surface area contributed by atoms with E-state index in [0.717, 1.165) is 28.7 Å². The van der Waals surface area contributed by atoms with Crippen molar-refractivity contribution in [2.75, 3.05) is 12.0 Å². The number of amides is 1. The van der Waals surface area contributed by atoms with Gasteiger partial charge in [-0.2, -0.15) is 0 Å². The number of benzene rings is 3. The zero-order valence-corrected chi connectivity index (χ0v) is 17.3. The van der Waals surface area contributed by atoms with Crippen molar-refractivity contribution in [3.8, 4) is 5.75 Å². The monoisotopic (exact) mass is 435 g/mol. The van der Waals surface area contributed by atoms with Crippen LogP contribution in [0.1, 0.15) is 22.7 Å². The van der Waals surface area contributed by atoms with Gasteiger partial charge in [0.05, 0.1) is 24.4 Å². The fourth-order valence-electron chi connectivity index (χ4n) is 3.83. The van der Waals surface area contributed by atoms with Crippen molar-refractivity contribution in [3.05, 3.63) is 101 Å². The third kappa shape index (κ3) is 3.62. The zero-order valence-electron chi connectivity index (χ0n) is 17.3. The second-order valence-corrected chi connectivity index (χ2v) is 7.41. The van der Waals surface area contributed by atoms with E-state index >= 15 is 0 Å². The lowest BCUT2D eigenvalue weighted by molar-refractivity contribution is -0.132. The van der Waals surface area contributed by atoms with Crippen molar-refractivity contribution < 1.29 is 28.2 Å². The molecule has 1 saturated heterocycles. The number of aryl methyl sites for hydroxylation is 1. The Labute approximate surface area is 183 Å². The van der Waals surface area contributed by atoms with Gasteiger partial charge in [0.1, 0.15) is 23.1 Å². The van der Waals surface area contributed by atoms with Crippen LogP contribution in [0.5, 0.6) is 5.75 Å². The molecule has 3 aromatic rings. The van der Waals surface area contributed by atoms with E-state index in [4.69, 9.17) is 4.74 Å². The Morgan fingerprint density at radius 2 is 1.75 bits per heavy atom. The molecular weight excluding hydrogens is 416 g/mol. The van der Waals surface area contributed by atoms with Crippen molar-refractivity contribution in [2.24, 2.45) is 0 Å². The van der Waals surface area contributed by atoms with Crippen LogP contribution in [0.3, 0.4) is 0 Å². The van der Waals surface area contributed by atoms with Gasteiger partial charge in [-0.3, -0.25) is 14.5 Å². The smallest absolute Gasteiger partial charge is 0.300 e. The lowest BCUT2D eigenvalue weighted by atomic mass is 9.94. The van der Waals surface area contributed by atoms with Gasteiger partial charge in [-0.1, -0.05) is 42.0 Å². The number of aliphatic hydroxyl groups is 1. The number of carbonyl (C=O) groups excluding carboxylic acids is 2. The first-order valence-electron chi connectivity index (χ1n) is 9.79. The maximum absolute atomic E-state index is 14.7. The first kappa shape index (κ1) is 21.2. The number of Topliss-reactive ketones (excluding diaryl/α,β-unsaturated/α-hetero) is 1. The molecule has 0 radical (unpaired) electrons. The molecule has 5 nitrogen and oxygen atoms in total. The highest BCUT2D eigenvalue weighted by atomic mass is 19.1. The lowest BCUT2D eigenvalue weighted by Gasteiger charge is -2.26. The van der Waals surface area contributed by atoms with Crippen LogP contribution in [0.25, 0.3) is 5.76 Å². The molecule has 4 rings (SSSR count). The highest BCUT2D eigenvalue weighted by molar-refractivity contribution is 6.51. The van der Waals surface area contributed by atoms with Gasteiger partial charge in [0, 0.05) is 11.6 Å². The third-order valence-corrected chi connectivity index (χ3v) is 5.31. The van der Waals surface area contributed by atoms with Gasteiger partial charge >= 0.3 is 0 Å². The lowest BCUT2D eigenvalue weighted by Crippen LogP contribution is -2.30. The van der Waals surface area contributed by atoms with Crippen LogP contribution in [0.15, 0.2) is 72.3 Å². The van der Waals surface area contributed by atoms with Gasteiger partial charge < -0.3 is 9.84 Å². The average molecular weight is 435 g/mol. The largest absolute Gasteiger partial charge is 0.507 e. The van der Waals surface area contributed by atoms with Crippen LogP contribution in [-0.2, 0) is 9.59 Å². The number of nitrogens with zero attached hydrogens (tertiary/aromatic N) is 1. The molecule has 7 heteroatoms. The fraction of sp³-hybridized carbons (Fsp3) is 0.120. The number of rotatable bonds is 4. The number of halogens is 2. The van der Waals surface area contributed by atoms with Gasteiger partial charge in [0.25, 0.3) is 11.7 Å². The molecule has 0 saturated carbocycles. The molecule has 1 N–H and O–H groups in total. The van der Waals surface area contributed by atoms with E-state index < -0.39 is 35.1 Å². The predicted molar refractivity (Wildman–Crippen MR) is 115 cm³/mol. The van der Waals surface area contributed by atoms with E-state index in [2.05, 4.69) is 0 Å². The average Bonchev–Trinajstić information content (AvgIpc) is 3.05. The second-order valence-electron chi connectivity index (χ2n) is 7.41. The molecule has 162 valence electrons. The summed E-state index contributed by atoms with van der Waals surface area (Å²) >= 11 is 0. The van der Waals surface area contributed by atoms with Crippen LogP contribution < -0.4 is 9.64 Å². The summed E-state index contributed by atoms with van der Waals surface area (Å²) in [5, 5.41) is 11.1. The highest BCUT2D eigenvalue weighted by Crippen LogP contribution is 2.43. The van der Waals surface area contributed by atoms with Crippen LogP contribution in [0.4, 0.5) is 14.5 Å². The number of ether oxygens (including phenoxy) is 1. The maximum Gasteiger partial charge on any atom is 0.300 e. The number of methoxy groups -OCH3 is 1. The molecule has 1 fully saturated rings.